The van der Waals surface area contributed by atoms with Crippen molar-refractivity contribution >= 4 is 35.3 Å². The third-order valence-electron chi connectivity index (χ3n) is 7.50. The van der Waals surface area contributed by atoms with Crippen molar-refractivity contribution in [3.05, 3.63) is 89.5 Å². The zero-order chi connectivity index (χ0) is 36.5. The SMILES string of the molecule is CC(C)OC(=O)c1ccc(NC(=O)/[N+](=C2/CC[N+](C)(Cc3cccc(O)c3)C2)[C@@H](Cc2ccc(O)cc2)C(N)=O)cc1.O=C(O)C(F)(F)F. The molecule has 1 heterocycles. The van der Waals surface area contributed by atoms with Gasteiger partial charge in [0.05, 0.1) is 31.7 Å². The first-order valence-electron chi connectivity index (χ1n) is 15.1. The number of primary amides is 1. The quantitative estimate of drug-likeness (QED) is 0.125. The number of rotatable bonds is 9. The Kier molecular flexibility index (Phi) is 12.5. The number of amides is 3. The van der Waals surface area contributed by atoms with Crippen molar-refractivity contribution in [1.29, 1.82) is 0 Å². The van der Waals surface area contributed by atoms with Crippen molar-refractivity contribution in [2.24, 2.45) is 5.73 Å². The van der Waals surface area contributed by atoms with Crippen LogP contribution in [0.2, 0.25) is 0 Å². The molecule has 2 atom stereocenters. The minimum atomic E-state index is -5.08. The maximum absolute atomic E-state index is 13.9. The summed E-state index contributed by atoms with van der Waals surface area (Å²) in [6, 6.07) is 18.4. The minimum absolute atomic E-state index is 0.0925. The van der Waals surface area contributed by atoms with Crippen molar-refractivity contribution in [2.75, 3.05) is 25.5 Å². The van der Waals surface area contributed by atoms with Crippen LogP contribution in [0.4, 0.5) is 23.7 Å². The Morgan fingerprint density at radius 3 is 2.10 bits per heavy atom. The highest BCUT2D eigenvalue weighted by atomic mass is 19.4. The fourth-order valence-corrected chi connectivity index (χ4v) is 5.26. The molecule has 1 fully saturated rings. The number of carbonyl (C=O) groups is 4. The van der Waals surface area contributed by atoms with Gasteiger partial charge in [-0.05, 0) is 67.9 Å². The van der Waals surface area contributed by atoms with Gasteiger partial charge in [0, 0.05) is 12.0 Å². The van der Waals surface area contributed by atoms with Crippen molar-refractivity contribution < 1.29 is 61.5 Å². The zero-order valence-corrected chi connectivity index (χ0v) is 27.1. The van der Waals surface area contributed by atoms with Crippen LogP contribution in [0, 0.1) is 0 Å². The number of alkyl halides is 3. The summed E-state index contributed by atoms with van der Waals surface area (Å²) in [6.45, 7) is 5.36. The highest BCUT2D eigenvalue weighted by Gasteiger charge is 2.41. The van der Waals surface area contributed by atoms with Crippen LogP contribution < -0.4 is 11.1 Å². The third kappa shape index (κ3) is 11.3. The Labute approximate surface area is 280 Å². The van der Waals surface area contributed by atoms with E-state index in [1.54, 1.807) is 68.4 Å². The molecule has 0 aliphatic carbocycles. The summed E-state index contributed by atoms with van der Waals surface area (Å²) in [7, 11) is 2.07. The molecule has 0 spiro atoms. The predicted molar refractivity (Wildman–Crippen MR) is 172 cm³/mol. The fourth-order valence-electron chi connectivity index (χ4n) is 5.26. The molecule has 1 aliphatic rings. The van der Waals surface area contributed by atoms with E-state index in [0.717, 1.165) is 16.8 Å². The Hall–Kier alpha value is -5.44. The summed E-state index contributed by atoms with van der Waals surface area (Å²) in [5.41, 5.74) is 9.15. The second kappa shape index (κ2) is 16.1. The molecule has 3 aromatic carbocycles. The molecule has 3 aromatic rings. The molecule has 3 amide bonds. The lowest BCUT2D eigenvalue weighted by Gasteiger charge is -2.28. The molecule has 1 saturated heterocycles. The van der Waals surface area contributed by atoms with Gasteiger partial charge < -0.3 is 30.3 Å². The average Bonchev–Trinajstić information content (AvgIpc) is 3.38. The molecule has 1 aliphatic heterocycles. The van der Waals surface area contributed by atoms with Crippen LogP contribution in [0.1, 0.15) is 41.8 Å². The number of ether oxygens (including phenoxy) is 1. The molecule has 4 rings (SSSR count). The first-order valence-corrected chi connectivity index (χ1v) is 15.1. The lowest BCUT2D eigenvalue weighted by atomic mass is 10.0. The van der Waals surface area contributed by atoms with Crippen LogP contribution in [0.15, 0.2) is 72.8 Å². The topological polar surface area (TPSA) is 179 Å². The largest absolute Gasteiger partial charge is 0.508 e. The fraction of sp³-hybridized carbons (Fsp3) is 0.324. The van der Waals surface area contributed by atoms with Crippen LogP contribution >= 0.6 is 0 Å². The summed E-state index contributed by atoms with van der Waals surface area (Å²) < 4.78 is 39.0. The number of aromatic hydroxyl groups is 2. The molecule has 262 valence electrons. The van der Waals surface area contributed by atoms with Gasteiger partial charge in [0.25, 0.3) is 5.91 Å². The summed E-state index contributed by atoms with van der Waals surface area (Å²) in [4.78, 5) is 47.9. The van der Waals surface area contributed by atoms with E-state index in [0.29, 0.717) is 41.8 Å². The molecule has 12 nitrogen and oxygen atoms in total. The first-order chi connectivity index (χ1) is 22.9. The normalized spacial score (nSPS) is 17.4. The number of carbonyl (C=O) groups excluding carboxylic acids is 3. The number of benzene rings is 3. The van der Waals surface area contributed by atoms with E-state index in [1.165, 1.54) is 16.7 Å². The number of hydrogen-bond acceptors (Lipinski definition) is 7. The Morgan fingerprint density at radius 1 is 0.959 bits per heavy atom. The van der Waals surface area contributed by atoms with Crippen LogP contribution in [-0.2, 0) is 27.3 Å². The van der Waals surface area contributed by atoms with Gasteiger partial charge in [-0.1, -0.05) is 24.3 Å². The average molecular weight is 689 g/mol. The first kappa shape index (κ1) is 38.0. The smallest absolute Gasteiger partial charge is 0.496 e. The number of phenolic OH excluding ortho intramolecular Hbond substituents is 2. The second-order valence-electron chi connectivity index (χ2n) is 12.1. The van der Waals surface area contributed by atoms with Gasteiger partial charge in [-0.15, -0.1) is 0 Å². The number of nitrogens with zero attached hydrogens (tertiary/aromatic N) is 2. The van der Waals surface area contributed by atoms with Crippen molar-refractivity contribution in [2.45, 2.75) is 51.6 Å². The molecule has 15 heteroatoms. The number of urea groups is 1. The zero-order valence-electron chi connectivity index (χ0n) is 27.1. The van der Waals surface area contributed by atoms with Gasteiger partial charge in [-0.25, -0.2) is 14.9 Å². The van der Waals surface area contributed by atoms with Gasteiger partial charge in [-0.3, -0.25) is 4.79 Å². The highest BCUT2D eigenvalue weighted by molar-refractivity contribution is 5.95. The number of quaternary nitrogens is 1. The molecular formula is C34H39F3N4O8+2. The lowest BCUT2D eigenvalue weighted by Crippen LogP contribution is -2.49. The molecule has 6 N–H and O–H groups in total. The second-order valence-corrected chi connectivity index (χ2v) is 12.1. The summed E-state index contributed by atoms with van der Waals surface area (Å²) in [5, 5.41) is 29.6. The summed E-state index contributed by atoms with van der Waals surface area (Å²) >= 11 is 0. The number of phenols is 2. The molecule has 1 unspecified atom stereocenters. The van der Waals surface area contributed by atoms with E-state index in [2.05, 4.69) is 12.4 Å². The van der Waals surface area contributed by atoms with Crippen molar-refractivity contribution in [3.8, 4) is 11.5 Å². The van der Waals surface area contributed by atoms with Crippen LogP contribution in [0.5, 0.6) is 11.5 Å². The summed E-state index contributed by atoms with van der Waals surface area (Å²) in [5.74, 6) is -3.60. The Balaban J connectivity index is 0.000000838. The van der Waals surface area contributed by atoms with E-state index in [9.17, 15) is 37.8 Å². The van der Waals surface area contributed by atoms with Gasteiger partial charge in [0.1, 0.15) is 36.0 Å². The molecule has 0 radical (unpaired) electrons. The monoisotopic (exact) mass is 688 g/mol. The number of hydrogen-bond donors (Lipinski definition) is 5. The summed E-state index contributed by atoms with van der Waals surface area (Å²) in [6.07, 6.45) is -4.63. The number of carboxylic acids is 1. The highest BCUT2D eigenvalue weighted by Crippen LogP contribution is 2.24. The molecule has 0 bridgehead atoms. The van der Waals surface area contributed by atoms with Crippen LogP contribution in [0.25, 0.3) is 0 Å². The van der Waals surface area contributed by atoms with Gasteiger partial charge in [0.15, 0.2) is 6.04 Å². The lowest BCUT2D eigenvalue weighted by molar-refractivity contribution is -0.907. The number of aliphatic carboxylic acids is 1. The van der Waals surface area contributed by atoms with Crippen LogP contribution in [-0.4, -0.2) is 92.4 Å². The molecular weight excluding hydrogens is 649 g/mol. The molecule has 49 heavy (non-hydrogen) atoms. The van der Waals surface area contributed by atoms with E-state index in [4.69, 9.17) is 20.4 Å². The maximum atomic E-state index is 13.9. The number of esters is 1. The number of nitrogens with one attached hydrogen (secondary N) is 1. The Morgan fingerprint density at radius 2 is 1.57 bits per heavy atom. The minimum Gasteiger partial charge on any atom is -0.508 e. The number of halogens is 3. The van der Waals surface area contributed by atoms with E-state index < -0.39 is 36.1 Å². The van der Waals surface area contributed by atoms with Crippen molar-refractivity contribution in [1.82, 2.24) is 0 Å². The third-order valence-corrected chi connectivity index (χ3v) is 7.50. The standard InChI is InChI=1S/C32H36N4O6.C2HF3O2/c1-21(2)42-31(40)24-9-11-25(12-10-24)34-32(41)35(29(30(33)39)18-22-7-13-27(37)14-8-22)26-15-16-36(3,20-26)19-23-5-4-6-28(38)17-23;3-2(4,5)1(6)7/h4-14,17,21,29H,15-16,18-20H2,1-3H3,(H3-2,33,34,37,38,39,40,41);(H,6,7)/p+2/b35-26-;/t29-,36?;/m0./s1. The van der Waals surface area contributed by atoms with E-state index in [1.807, 2.05) is 6.07 Å². The number of carboxylic acid groups (broad SMARTS) is 1. The number of nitrogens with two attached hydrogens (primary N) is 1. The maximum Gasteiger partial charge on any atom is 0.496 e. The molecule has 0 aromatic heterocycles. The predicted octanol–water partition coefficient (Wildman–Crippen LogP) is 4.43. The van der Waals surface area contributed by atoms with E-state index >= 15 is 0 Å². The van der Waals surface area contributed by atoms with Crippen molar-refractivity contribution in [3.63, 3.8) is 0 Å². The number of likely N-dealkylation sites (tertiary alicyclic amines) is 1. The van der Waals surface area contributed by atoms with Gasteiger partial charge >= 0.3 is 24.1 Å². The van der Waals surface area contributed by atoms with E-state index in [-0.39, 0.29) is 24.0 Å². The molecule has 0 saturated carbocycles. The number of anilines is 1. The van der Waals surface area contributed by atoms with Crippen LogP contribution in [0.3, 0.4) is 0 Å². The van der Waals surface area contributed by atoms with Gasteiger partial charge in [-0.2, -0.15) is 22.5 Å². The van der Waals surface area contributed by atoms with Gasteiger partial charge in [0.2, 0.25) is 0 Å². The Bertz CT molecular complexity index is 1690.